The molecule has 0 heterocycles. The molecule has 0 aliphatic rings. The zero-order valence-corrected chi connectivity index (χ0v) is 18.0. The van der Waals surface area contributed by atoms with E-state index in [0.29, 0.717) is 38.6 Å². The zero-order valence-electron chi connectivity index (χ0n) is 18.0. The molecule has 31 heavy (non-hydrogen) atoms. The molecule has 0 unspecified atom stereocenters. The lowest BCUT2D eigenvalue weighted by Gasteiger charge is -2.18. The Balaban J connectivity index is 1.72. The van der Waals surface area contributed by atoms with Crippen molar-refractivity contribution in [2.45, 2.75) is 6.92 Å². The Morgan fingerprint density at radius 2 is 1.19 bits per heavy atom. The molecular formula is C25H28O6. The Kier molecular flexibility index (Phi) is 8.27. The van der Waals surface area contributed by atoms with Gasteiger partial charge in [-0.15, -0.1) is 0 Å². The molecule has 6 heteroatoms. The normalized spacial score (nSPS) is 10.9. The summed E-state index contributed by atoms with van der Waals surface area (Å²) in [7, 11) is 1.66. The van der Waals surface area contributed by atoms with Crippen LogP contribution in [0.4, 0.5) is 0 Å². The number of hydrogen-bond acceptors (Lipinski definition) is 6. The highest BCUT2D eigenvalue weighted by atomic mass is 16.6. The van der Waals surface area contributed by atoms with E-state index < -0.39 is 5.97 Å². The fourth-order valence-electron chi connectivity index (χ4n) is 3.21. The Morgan fingerprint density at radius 3 is 1.65 bits per heavy atom. The van der Waals surface area contributed by atoms with Crippen molar-refractivity contribution in [2.75, 3.05) is 46.8 Å². The first-order chi connectivity index (χ1) is 15.1. The van der Waals surface area contributed by atoms with Crippen LogP contribution in [0.25, 0.3) is 21.5 Å². The summed E-state index contributed by atoms with van der Waals surface area (Å²) in [6.07, 6.45) is 0. The molecule has 3 rings (SSSR count). The fraction of sp³-hybridized carbons (Fsp3) is 0.320. The number of esters is 1. The summed E-state index contributed by atoms with van der Waals surface area (Å²) in [5.41, 5.74) is 0.372. The van der Waals surface area contributed by atoms with Crippen LogP contribution in [0.2, 0.25) is 0 Å². The van der Waals surface area contributed by atoms with E-state index in [1.54, 1.807) is 14.0 Å². The lowest BCUT2D eigenvalue weighted by Crippen LogP contribution is -2.14. The monoisotopic (exact) mass is 424 g/mol. The van der Waals surface area contributed by atoms with Crippen molar-refractivity contribution in [3.05, 3.63) is 60.7 Å². The highest BCUT2D eigenvalue weighted by molar-refractivity contribution is 6.11. The van der Waals surface area contributed by atoms with Gasteiger partial charge in [0.05, 0.1) is 19.8 Å². The van der Waals surface area contributed by atoms with Crippen molar-refractivity contribution < 1.29 is 28.5 Å². The Bertz CT molecular complexity index is 986. The summed E-state index contributed by atoms with van der Waals surface area (Å²) in [6.45, 7) is 7.36. The summed E-state index contributed by atoms with van der Waals surface area (Å²) >= 11 is 0. The number of carbonyl (C=O) groups is 1. The van der Waals surface area contributed by atoms with E-state index in [4.69, 9.17) is 23.7 Å². The molecule has 0 aliphatic carbocycles. The number of benzene rings is 3. The van der Waals surface area contributed by atoms with E-state index in [-0.39, 0.29) is 6.61 Å². The molecule has 0 spiro atoms. The molecule has 0 saturated carbocycles. The summed E-state index contributed by atoms with van der Waals surface area (Å²) in [5.74, 6) is 1.21. The first-order valence-electron chi connectivity index (χ1n) is 10.2. The predicted molar refractivity (Wildman–Crippen MR) is 121 cm³/mol. The largest absolute Gasteiger partial charge is 0.490 e. The number of rotatable bonds is 12. The van der Waals surface area contributed by atoms with Crippen molar-refractivity contribution in [1.82, 2.24) is 0 Å². The van der Waals surface area contributed by atoms with Crippen LogP contribution in [-0.4, -0.2) is 52.7 Å². The van der Waals surface area contributed by atoms with Gasteiger partial charge in [0, 0.05) is 34.2 Å². The van der Waals surface area contributed by atoms with E-state index in [0.717, 1.165) is 33.0 Å². The number of methoxy groups -OCH3 is 1. The van der Waals surface area contributed by atoms with Crippen LogP contribution in [0.5, 0.6) is 11.5 Å². The molecule has 3 aromatic rings. The van der Waals surface area contributed by atoms with E-state index in [9.17, 15) is 4.79 Å². The lowest BCUT2D eigenvalue weighted by atomic mass is 10.0. The average Bonchev–Trinajstić information content (AvgIpc) is 2.79. The summed E-state index contributed by atoms with van der Waals surface area (Å²) < 4.78 is 27.9. The molecule has 164 valence electrons. The summed E-state index contributed by atoms with van der Waals surface area (Å²) in [4.78, 5) is 11.4. The molecule has 0 aromatic heterocycles. The second kappa shape index (κ2) is 11.3. The molecule has 0 saturated heterocycles. The van der Waals surface area contributed by atoms with Crippen LogP contribution in [0.3, 0.4) is 0 Å². The second-order valence-corrected chi connectivity index (χ2v) is 6.97. The average molecular weight is 424 g/mol. The van der Waals surface area contributed by atoms with Crippen molar-refractivity contribution in [2.24, 2.45) is 0 Å². The van der Waals surface area contributed by atoms with Crippen LogP contribution < -0.4 is 9.47 Å². The zero-order chi connectivity index (χ0) is 22.1. The Hall–Kier alpha value is -3.09. The minimum absolute atomic E-state index is 0.186. The fourth-order valence-corrected chi connectivity index (χ4v) is 3.21. The molecule has 0 aliphatic heterocycles. The molecule has 0 fully saturated rings. The maximum atomic E-state index is 11.4. The third kappa shape index (κ3) is 5.75. The Labute approximate surface area is 182 Å². The van der Waals surface area contributed by atoms with Gasteiger partial charge in [-0.25, -0.2) is 4.79 Å². The van der Waals surface area contributed by atoms with Crippen molar-refractivity contribution in [3.8, 4) is 11.5 Å². The van der Waals surface area contributed by atoms with Crippen LogP contribution in [0, 0.1) is 0 Å². The quantitative estimate of drug-likeness (QED) is 0.184. The molecule has 0 bridgehead atoms. The lowest BCUT2D eigenvalue weighted by molar-refractivity contribution is -0.140. The van der Waals surface area contributed by atoms with Crippen LogP contribution in [0.15, 0.2) is 60.7 Å². The maximum Gasteiger partial charge on any atom is 0.333 e. The van der Waals surface area contributed by atoms with Crippen LogP contribution >= 0.6 is 0 Å². The van der Waals surface area contributed by atoms with E-state index in [2.05, 4.69) is 6.58 Å². The first-order valence-corrected chi connectivity index (χ1v) is 10.2. The van der Waals surface area contributed by atoms with E-state index in [1.165, 1.54) is 0 Å². The summed E-state index contributed by atoms with van der Waals surface area (Å²) in [6, 6.07) is 16.0. The highest BCUT2D eigenvalue weighted by Gasteiger charge is 2.15. The van der Waals surface area contributed by atoms with Gasteiger partial charge in [-0.05, 0) is 6.92 Å². The van der Waals surface area contributed by atoms with Gasteiger partial charge in [0.2, 0.25) is 0 Å². The SMILES string of the molecule is C=C(C)C(=O)OCCOCCOc1c2ccccc2c(OCCOC)c2ccccc12. The minimum atomic E-state index is -0.411. The molecule has 0 atom stereocenters. The standard InChI is InChI=1S/C25H28O6/c1-18(2)25(26)31-17-14-28-13-16-30-24-21-10-6-4-8-19(21)23(29-15-12-27-3)20-9-5-7-11-22(20)24/h4-11H,1,12-17H2,2-3H3. The number of carbonyl (C=O) groups excluding carboxylic acids is 1. The van der Waals surface area contributed by atoms with Gasteiger partial charge in [0.15, 0.2) is 0 Å². The second-order valence-electron chi connectivity index (χ2n) is 6.97. The maximum absolute atomic E-state index is 11.4. The molecule has 0 N–H and O–H groups in total. The predicted octanol–water partition coefficient (Wildman–Crippen LogP) is 4.53. The van der Waals surface area contributed by atoms with Crippen molar-refractivity contribution in [3.63, 3.8) is 0 Å². The third-order valence-corrected chi connectivity index (χ3v) is 4.65. The van der Waals surface area contributed by atoms with E-state index >= 15 is 0 Å². The van der Waals surface area contributed by atoms with Gasteiger partial charge in [0.25, 0.3) is 0 Å². The number of ether oxygens (including phenoxy) is 5. The number of fused-ring (bicyclic) bond motifs is 2. The van der Waals surface area contributed by atoms with Crippen LogP contribution in [0.1, 0.15) is 6.92 Å². The van der Waals surface area contributed by atoms with Gasteiger partial charge in [0.1, 0.15) is 31.3 Å². The minimum Gasteiger partial charge on any atom is -0.490 e. The van der Waals surface area contributed by atoms with Gasteiger partial charge in [-0.1, -0.05) is 55.1 Å². The van der Waals surface area contributed by atoms with Gasteiger partial charge >= 0.3 is 5.97 Å². The van der Waals surface area contributed by atoms with E-state index in [1.807, 2.05) is 48.5 Å². The number of hydrogen-bond donors (Lipinski definition) is 0. The van der Waals surface area contributed by atoms with Crippen molar-refractivity contribution in [1.29, 1.82) is 0 Å². The summed E-state index contributed by atoms with van der Waals surface area (Å²) in [5, 5.41) is 3.92. The van der Waals surface area contributed by atoms with Gasteiger partial charge in [-0.2, -0.15) is 0 Å². The Morgan fingerprint density at radius 1 is 0.742 bits per heavy atom. The molecule has 3 aromatic carbocycles. The molecule has 0 amide bonds. The van der Waals surface area contributed by atoms with Gasteiger partial charge in [-0.3, -0.25) is 0 Å². The molecule has 0 radical (unpaired) electrons. The first kappa shape index (κ1) is 22.6. The van der Waals surface area contributed by atoms with Gasteiger partial charge < -0.3 is 23.7 Å². The third-order valence-electron chi connectivity index (χ3n) is 4.65. The smallest absolute Gasteiger partial charge is 0.333 e. The molecule has 6 nitrogen and oxygen atoms in total. The topological polar surface area (TPSA) is 63.2 Å². The molecular weight excluding hydrogens is 396 g/mol. The van der Waals surface area contributed by atoms with Crippen molar-refractivity contribution >= 4 is 27.5 Å². The van der Waals surface area contributed by atoms with Crippen LogP contribution in [-0.2, 0) is 19.0 Å². The highest BCUT2D eigenvalue weighted by Crippen LogP contribution is 2.42.